The molecule has 2 nitrogen and oxygen atoms in total. The van der Waals surface area contributed by atoms with E-state index in [1.165, 1.54) is 12.1 Å². The summed E-state index contributed by atoms with van der Waals surface area (Å²) in [5.74, 6) is -0.491. The van der Waals surface area contributed by atoms with Gasteiger partial charge < -0.3 is 5.32 Å². The Labute approximate surface area is 105 Å². The van der Waals surface area contributed by atoms with Gasteiger partial charge in [-0.05, 0) is 49.7 Å². The summed E-state index contributed by atoms with van der Waals surface area (Å²) in [7, 11) is 0. The topological polar surface area (TPSA) is 29.1 Å². The molecule has 0 atom stereocenters. The molecule has 18 heavy (non-hydrogen) atoms. The van der Waals surface area contributed by atoms with E-state index in [2.05, 4.69) is 5.32 Å². The summed E-state index contributed by atoms with van der Waals surface area (Å²) in [4.78, 5) is 12.0. The molecule has 2 rings (SSSR count). The first-order valence-electron chi connectivity index (χ1n) is 5.70. The lowest BCUT2D eigenvalue weighted by Crippen LogP contribution is -2.12. The summed E-state index contributed by atoms with van der Waals surface area (Å²) >= 11 is 0. The Hall–Kier alpha value is -2.16. The number of amides is 1. The molecule has 1 N–H and O–H groups in total. The Morgan fingerprint density at radius 1 is 1.11 bits per heavy atom. The lowest BCUT2D eigenvalue weighted by molar-refractivity contribution is 0.102. The predicted molar refractivity (Wildman–Crippen MR) is 70.3 cm³/mol. The monoisotopic (exact) mass is 243 g/mol. The minimum atomic E-state index is -0.305. The number of carbonyl (C=O) groups is 1. The second-order valence-electron chi connectivity index (χ2n) is 4.28. The maximum absolute atomic E-state index is 12.9. The number of aryl methyl sites for hydroxylation is 2. The molecule has 0 bridgehead atoms. The molecule has 0 spiro atoms. The zero-order valence-electron chi connectivity index (χ0n) is 10.3. The van der Waals surface area contributed by atoms with Crippen molar-refractivity contribution < 1.29 is 9.18 Å². The van der Waals surface area contributed by atoms with Gasteiger partial charge in [0.1, 0.15) is 5.82 Å². The first-order valence-corrected chi connectivity index (χ1v) is 5.70. The first-order chi connectivity index (χ1) is 8.56. The largest absolute Gasteiger partial charge is 0.322 e. The summed E-state index contributed by atoms with van der Waals surface area (Å²) in [6.45, 7) is 3.69. The summed E-state index contributed by atoms with van der Waals surface area (Å²) in [5.41, 5.74) is 2.95. The van der Waals surface area contributed by atoms with Crippen molar-refractivity contribution in [2.75, 3.05) is 5.32 Å². The molecule has 0 unspecified atom stereocenters. The van der Waals surface area contributed by atoms with Crippen LogP contribution >= 0.6 is 0 Å². The Morgan fingerprint density at radius 3 is 2.56 bits per heavy atom. The molecule has 0 aliphatic rings. The smallest absolute Gasteiger partial charge is 0.255 e. The Morgan fingerprint density at radius 2 is 1.89 bits per heavy atom. The van der Waals surface area contributed by atoms with Crippen LogP contribution in [0.25, 0.3) is 0 Å². The van der Waals surface area contributed by atoms with Gasteiger partial charge in [-0.25, -0.2) is 4.39 Å². The fourth-order valence-electron chi connectivity index (χ4n) is 1.75. The van der Waals surface area contributed by atoms with Crippen LogP contribution in [-0.2, 0) is 0 Å². The molecule has 3 heteroatoms. The number of halogens is 1. The van der Waals surface area contributed by atoms with E-state index >= 15 is 0 Å². The molecule has 0 saturated carbocycles. The molecule has 92 valence electrons. The number of carbonyl (C=O) groups excluding carboxylic acids is 1. The zero-order valence-corrected chi connectivity index (χ0v) is 10.3. The highest BCUT2D eigenvalue weighted by molar-refractivity contribution is 6.04. The molecule has 2 aromatic carbocycles. The van der Waals surface area contributed by atoms with Crippen LogP contribution in [0.1, 0.15) is 21.5 Å². The van der Waals surface area contributed by atoms with E-state index < -0.39 is 0 Å². The van der Waals surface area contributed by atoms with Crippen LogP contribution in [0, 0.1) is 19.7 Å². The summed E-state index contributed by atoms with van der Waals surface area (Å²) < 4.78 is 12.9. The van der Waals surface area contributed by atoms with Crippen molar-refractivity contribution in [2.45, 2.75) is 13.8 Å². The normalized spacial score (nSPS) is 10.2. The van der Waals surface area contributed by atoms with E-state index in [1.54, 1.807) is 19.1 Å². The van der Waals surface area contributed by atoms with Gasteiger partial charge in [-0.2, -0.15) is 0 Å². The molecule has 2 aromatic rings. The van der Waals surface area contributed by atoms with Crippen molar-refractivity contribution in [1.29, 1.82) is 0 Å². The van der Waals surface area contributed by atoms with E-state index in [1.807, 2.05) is 25.1 Å². The molecule has 0 aromatic heterocycles. The maximum atomic E-state index is 12.9. The standard InChI is InChI=1S/C15H14FNO/c1-10-4-3-5-12(8-10)15(18)17-14-7-6-13(16)9-11(14)2/h3-9H,1-2H3,(H,17,18). The molecule has 0 fully saturated rings. The van der Waals surface area contributed by atoms with Crippen LogP contribution in [0.4, 0.5) is 10.1 Å². The first kappa shape index (κ1) is 12.3. The second-order valence-corrected chi connectivity index (χ2v) is 4.28. The number of anilines is 1. The summed E-state index contributed by atoms with van der Waals surface area (Å²) in [6, 6.07) is 11.6. The van der Waals surface area contributed by atoms with E-state index in [0.29, 0.717) is 16.8 Å². The molecule has 0 aliphatic heterocycles. The average Bonchev–Trinajstić information content (AvgIpc) is 2.32. The number of benzene rings is 2. The van der Waals surface area contributed by atoms with Crippen molar-refractivity contribution in [3.8, 4) is 0 Å². The number of hydrogen-bond acceptors (Lipinski definition) is 1. The van der Waals surface area contributed by atoms with Crippen LogP contribution in [0.2, 0.25) is 0 Å². The fraction of sp³-hybridized carbons (Fsp3) is 0.133. The number of nitrogens with one attached hydrogen (secondary N) is 1. The Bertz CT molecular complexity index is 593. The zero-order chi connectivity index (χ0) is 13.1. The highest BCUT2D eigenvalue weighted by atomic mass is 19.1. The van der Waals surface area contributed by atoms with Gasteiger partial charge in [-0.15, -0.1) is 0 Å². The highest BCUT2D eigenvalue weighted by Crippen LogP contribution is 2.17. The van der Waals surface area contributed by atoms with Crippen molar-refractivity contribution in [2.24, 2.45) is 0 Å². The molecular formula is C15H14FNO. The van der Waals surface area contributed by atoms with Gasteiger partial charge in [0.2, 0.25) is 0 Å². The number of rotatable bonds is 2. The van der Waals surface area contributed by atoms with Crippen LogP contribution in [0.15, 0.2) is 42.5 Å². The van der Waals surface area contributed by atoms with Crippen molar-refractivity contribution in [3.05, 3.63) is 65.0 Å². The molecule has 0 saturated heterocycles. The Kier molecular flexibility index (Phi) is 3.42. The van der Waals surface area contributed by atoms with Crippen LogP contribution in [0.5, 0.6) is 0 Å². The lowest BCUT2D eigenvalue weighted by Gasteiger charge is -2.08. The van der Waals surface area contributed by atoms with Gasteiger partial charge in [0.25, 0.3) is 5.91 Å². The highest BCUT2D eigenvalue weighted by Gasteiger charge is 2.08. The van der Waals surface area contributed by atoms with E-state index in [-0.39, 0.29) is 11.7 Å². The van der Waals surface area contributed by atoms with Gasteiger partial charge in [0.05, 0.1) is 0 Å². The van der Waals surface area contributed by atoms with Crippen LogP contribution in [0.3, 0.4) is 0 Å². The third-order valence-corrected chi connectivity index (χ3v) is 2.72. The van der Waals surface area contributed by atoms with Crippen molar-refractivity contribution in [3.63, 3.8) is 0 Å². The van der Waals surface area contributed by atoms with Crippen LogP contribution in [-0.4, -0.2) is 5.91 Å². The quantitative estimate of drug-likeness (QED) is 0.856. The van der Waals surface area contributed by atoms with E-state index in [0.717, 1.165) is 5.56 Å². The van der Waals surface area contributed by atoms with E-state index in [4.69, 9.17) is 0 Å². The Balaban J connectivity index is 2.21. The lowest BCUT2D eigenvalue weighted by atomic mass is 10.1. The molecular weight excluding hydrogens is 229 g/mol. The second kappa shape index (κ2) is 5.00. The van der Waals surface area contributed by atoms with E-state index in [9.17, 15) is 9.18 Å². The molecule has 0 heterocycles. The molecule has 0 radical (unpaired) electrons. The SMILES string of the molecule is Cc1cccc(C(=O)Nc2ccc(F)cc2C)c1. The maximum Gasteiger partial charge on any atom is 0.255 e. The fourth-order valence-corrected chi connectivity index (χ4v) is 1.75. The summed E-state index contributed by atoms with van der Waals surface area (Å²) in [6.07, 6.45) is 0. The minimum absolute atomic E-state index is 0.187. The minimum Gasteiger partial charge on any atom is -0.322 e. The van der Waals surface area contributed by atoms with Gasteiger partial charge in [-0.1, -0.05) is 17.7 Å². The third-order valence-electron chi connectivity index (χ3n) is 2.72. The van der Waals surface area contributed by atoms with Crippen LogP contribution < -0.4 is 5.32 Å². The van der Waals surface area contributed by atoms with Crippen molar-refractivity contribution >= 4 is 11.6 Å². The van der Waals surface area contributed by atoms with Gasteiger partial charge >= 0.3 is 0 Å². The van der Waals surface area contributed by atoms with Gasteiger partial charge in [0.15, 0.2) is 0 Å². The van der Waals surface area contributed by atoms with Crippen molar-refractivity contribution in [1.82, 2.24) is 0 Å². The average molecular weight is 243 g/mol. The molecule has 1 amide bonds. The van der Waals surface area contributed by atoms with Gasteiger partial charge in [-0.3, -0.25) is 4.79 Å². The third kappa shape index (κ3) is 2.74. The van der Waals surface area contributed by atoms with Gasteiger partial charge in [0, 0.05) is 11.3 Å². The predicted octanol–water partition coefficient (Wildman–Crippen LogP) is 3.69. The summed E-state index contributed by atoms with van der Waals surface area (Å²) in [5, 5.41) is 2.78. The number of hydrogen-bond donors (Lipinski definition) is 1. The molecule has 0 aliphatic carbocycles.